The Kier molecular flexibility index (Phi) is 4.98. The molecule has 3 N–H and O–H groups in total. The Balaban J connectivity index is 1.61. The average Bonchev–Trinajstić information content (AvgIpc) is 3.05. The van der Waals surface area contributed by atoms with Gasteiger partial charge in [0, 0.05) is 34.3 Å². The van der Waals surface area contributed by atoms with Gasteiger partial charge in [0.25, 0.3) is 0 Å². The van der Waals surface area contributed by atoms with Gasteiger partial charge in [0.05, 0.1) is 0 Å². The highest BCUT2D eigenvalue weighted by Crippen LogP contribution is 2.34. The SMILES string of the molecule is NC1(n2ccc3ccccc32)CCCCC1NCc1cc(Cl)cc(Cl)c1. The van der Waals surface area contributed by atoms with E-state index >= 15 is 0 Å². The number of hydrogen-bond acceptors (Lipinski definition) is 2. The molecule has 1 aromatic heterocycles. The van der Waals surface area contributed by atoms with E-state index in [1.807, 2.05) is 12.1 Å². The lowest BCUT2D eigenvalue weighted by Crippen LogP contribution is -2.59. The van der Waals surface area contributed by atoms with Gasteiger partial charge in [0.2, 0.25) is 0 Å². The topological polar surface area (TPSA) is 43.0 Å². The van der Waals surface area contributed by atoms with Gasteiger partial charge in [0.1, 0.15) is 5.66 Å². The molecular formula is C21H23Cl2N3. The van der Waals surface area contributed by atoms with E-state index in [9.17, 15) is 0 Å². The second-order valence-electron chi connectivity index (χ2n) is 7.19. The maximum atomic E-state index is 7.01. The molecular weight excluding hydrogens is 365 g/mol. The molecule has 1 heterocycles. The first-order valence-corrected chi connectivity index (χ1v) is 9.86. The summed E-state index contributed by atoms with van der Waals surface area (Å²) in [5, 5.41) is 6.22. The predicted molar refractivity (Wildman–Crippen MR) is 110 cm³/mol. The molecule has 1 saturated carbocycles. The van der Waals surface area contributed by atoms with Crippen LogP contribution in [-0.2, 0) is 12.2 Å². The van der Waals surface area contributed by atoms with Crippen LogP contribution >= 0.6 is 23.2 Å². The van der Waals surface area contributed by atoms with Crippen LogP contribution in [0.15, 0.2) is 54.7 Å². The molecule has 2 unspecified atom stereocenters. The fourth-order valence-electron chi connectivity index (χ4n) is 4.15. The number of hydrogen-bond donors (Lipinski definition) is 2. The fourth-order valence-corrected chi connectivity index (χ4v) is 4.72. The lowest BCUT2D eigenvalue weighted by molar-refractivity contribution is 0.142. The lowest BCUT2D eigenvalue weighted by Gasteiger charge is -2.43. The normalized spacial score (nSPS) is 23.4. The summed E-state index contributed by atoms with van der Waals surface area (Å²) < 4.78 is 2.25. The minimum Gasteiger partial charge on any atom is -0.327 e. The Morgan fingerprint density at radius 1 is 1.08 bits per heavy atom. The van der Waals surface area contributed by atoms with Gasteiger partial charge in [-0.3, -0.25) is 0 Å². The minimum atomic E-state index is -0.441. The maximum absolute atomic E-state index is 7.01. The second kappa shape index (κ2) is 7.24. The Hall–Kier alpha value is -1.52. The number of benzene rings is 2. The molecule has 4 rings (SSSR count). The largest absolute Gasteiger partial charge is 0.327 e. The summed E-state index contributed by atoms with van der Waals surface area (Å²) in [6.07, 6.45) is 6.47. The standard InChI is InChI=1S/C21H23Cl2N3/c22-17-11-15(12-18(23)13-17)14-25-20-7-3-4-9-21(20,24)26-10-8-16-5-1-2-6-19(16)26/h1-2,5-6,8,10-13,20,25H,3-4,7,9,14,24H2. The first-order valence-electron chi connectivity index (χ1n) is 9.10. The monoisotopic (exact) mass is 387 g/mol. The zero-order valence-corrected chi connectivity index (χ0v) is 16.1. The number of halogens is 2. The highest BCUT2D eigenvalue weighted by atomic mass is 35.5. The van der Waals surface area contributed by atoms with E-state index in [1.165, 1.54) is 17.3 Å². The summed E-state index contributed by atoms with van der Waals surface area (Å²) in [6.45, 7) is 0.698. The van der Waals surface area contributed by atoms with E-state index < -0.39 is 5.66 Å². The zero-order valence-electron chi connectivity index (χ0n) is 14.6. The molecule has 2 atom stereocenters. The fraction of sp³-hybridized carbons (Fsp3) is 0.333. The molecule has 0 spiro atoms. The lowest BCUT2D eigenvalue weighted by atomic mass is 9.84. The van der Waals surface area contributed by atoms with Gasteiger partial charge in [-0.15, -0.1) is 0 Å². The predicted octanol–water partition coefficient (Wildman–Crippen LogP) is 5.29. The maximum Gasteiger partial charge on any atom is 0.108 e. The molecule has 0 bridgehead atoms. The van der Waals surface area contributed by atoms with Crippen molar-refractivity contribution in [2.45, 2.75) is 43.9 Å². The van der Waals surface area contributed by atoms with Crippen LogP contribution in [0.25, 0.3) is 10.9 Å². The van der Waals surface area contributed by atoms with Crippen molar-refractivity contribution < 1.29 is 0 Å². The van der Waals surface area contributed by atoms with E-state index in [2.05, 4.69) is 46.4 Å². The molecule has 0 amide bonds. The van der Waals surface area contributed by atoms with Crippen LogP contribution in [-0.4, -0.2) is 10.6 Å². The molecule has 0 radical (unpaired) electrons. The number of rotatable bonds is 4. The number of nitrogens with zero attached hydrogens (tertiary/aromatic N) is 1. The van der Waals surface area contributed by atoms with Crippen LogP contribution in [0.5, 0.6) is 0 Å². The Bertz CT molecular complexity index is 900. The first-order chi connectivity index (χ1) is 12.6. The third-order valence-corrected chi connectivity index (χ3v) is 5.88. The number of para-hydroxylation sites is 1. The van der Waals surface area contributed by atoms with E-state index in [4.69, 9.17) is 28.9 Å². The van der Waals surface area contributed by atoms with Crippen LogP contribution in [0, 0.1) is 0 Å². The van der Waals surface area contributed by atoms with Crippen molar-refractivity contribution in [2.75, 3.05) is 0 Å². The summed E-state index contributed by atoms with van der Waals surface area (Å²) in [5.74, 6) is 0. The molecule has 2 aromatic carbocycles. The average molecular weight is 388 g/mol. The van der Waals surface area contributed by atoms with E-state index in [0.29, 0.717) is 16.6 Å². The summed E-state index contributed by atoms with van der Waals surface area (Å²) in [5.41, 5.74) is 8.83. The molecule has 0 aliphatic heterocycles. The van der Waals surface area contributed by atoms with E-state index in [1.54, 1.807) is 6.07 Å². The summed E-state index contributed by atoms with van der Waals surface area (Å²) in [4.78, 5) is 0. The molecule has 1 aliphatic carbocycles. The van der Waals surface area contributed by atoms with Gasteiger partial charge in [-0.05, 0) is 60.5 Å². The highest BCUT2D eigenvalue weighted by Gasteiger charge is 2.39. The molecule has 3 nitrogen and oxygen atoms in total. The molecule has 1 aliphatic rings. The van der Waals surface area contributed by atoms with Gasteiger partial charge < -0.3 is 15.6 Å². The summed E-state index contributed by atoms with van der Waals surface area (Å²) in [7, 11) is 0. The Morgan fingerprint density at radius 2 is 1.85 bits per heavy atom. The number of aromatic nitrogens is 1. The van der Waals surface area contributed by atoms with Gasteiger partial charge in [-0.2, -0.15) is 0 Å². The van der Waals surface area contributed by atoms with E-state index in [-0.39, 0.29) is 6.04 Å². The van der Waals surface area contributed by atoms with Crippen molar-refractivity contribution in [3.8, 4) is 0 Å². The molecule has 3 aromatic rings. The van der Waals surface area contributed by atoms with Crippen molar-refractivity contribution in [1.82, 2.24) is 9.88 Å². The van der Waals surface area contributed by atoms with Gasteiger partial charge in [-0.1, -0.05) is 47.8 Å². The first kappa shape index (κ1) is 17.9. The van der Waals surface area contributed by atoms with Crippen LogP contribution in [0.1, 0.15) is 31.2 Å². The smallest absolute Gasteiger partial charge is 0.108 e. The third kappa shape index (κ3) is 3.37. The van der Waals surface area contributed by atoms with E-state index in [0.717, 1.165) is 24.8 Å². The van der Waals surface area contributed by atoms with Gasteiger partial charge >= 0.3 is 0 Å². The molecule has 5 heteroatoms. The van der Waals surface area contributed by atoms with Crippen molar-refractivity contribution >= 4 is 34.1 Å². The number of nitrogens with two attached hydrogens (primary N) is 1. The molecule has 136 valence electrons. The highest BCUT2D eigenvalue weighted by molar-refractivity contribution is 6.34. The number of fused-ring (bicyclic) bond motifs is 1. The van der Waals surface area contributed by atoms with Crippen molar-refractivity contribution in [3.05, 3.63) is 70.3 Å². The number of nitrogens with one attached hydrogen (secondary N) is 1. The van der Waals surface area contributed by atoms with Crippen LogP contribution in [0.3, 0.4) is 0 Å². The van der Waals surface area contributed by atoms with Crippen LogP contribution in [0.4, 0.5) is 0 Å². The van der Waals surface area contributed by atoms with Gasteiger partial charge in [-0.25, -0.2) is 0 Å². The zero-order chi connectivity index (χ0) is 18.1. The summed E-state index contributed by atoms with van der Waals surface area (Å²) >= 11 is 12.3. The Labute approximate surface area is 164 Å². The van der Waals surface area contributed by atoms with Crippen molar-refractivity contribution in [1.29, 1.82) is 0 Å². The summed E-state index contributed by atoms with van der Waals surface area (Å²) in [6, 6.07) is 16.4. The quantitative estimate of drug-likeness (QED) is 0.638. The second-order valence-corrected chi connectivity index (χ2v) is 8.07. The van der Waals surface area contributed by atoms with Crippen molar-refractivity contribution in [2.24, 2.45) is 5.73 Å². The van der Waals surface area contributed by atoms with Crippen LogP contribution < -0.4 is 11.1 Å². The van der Waals surface area contributed by atoms with Crippen molar-refractivity contribution in [3.63, 3.8) is 0 Å². The Morgan fingerprint density at radius 3 is 2.65 bits per heavy atom. The van der Waals surface area contributed by atoms with Crippen LogP contribution in [0.2, 0.25) is 10.0 Å². The molecule has 1 fully saturated rings. The van der Waals surface area contributed by atoms with Gasteiger partial charge in [0.15, 0.2) is 0 Å². The molecule has 0 saturated heterocycles. The third-order valence-electron chi connectivity index (χ3n) is 5.45. The minimum absolute atomic E-state index is 0.185. The molecule has 26 heavy (non-hydrogen) atoms.